The van der Waals surface area contributed by atoms with E-state index in [1.807, 2.05) is 0 Å². The molecule has 13 heavy (non-hydrogen) atoms. The third-order valence-electron chi connectivity index (χ3n) is 1.59. The highest BCUT2D eigenvalue weighted by atomic mass is 35.5. The normalized spacial score (nSPS) is 10.9. The van der Waals surface area contributed by atoms with Crippen molar-refractivity contribution in [1.29, 1.82) is 0 Å². The molecule has 0 atom stereocenters. The Morgan fingerprint density at radius 3 is 2.62 bits per heavy atom. The highest BCUT2D eigenvalue weighted by Gasteiger charge is 2.19. The van der Waals surface area contributed by atoms with Crippen molar-refractivity contribution in [2.45, 2.75) is 19.2 Å². The zero-order valence-corrected chi connectivity index (χ0v) is 7.58. The van der Waals surface area contributed by atoms with Crippen molar-refractivity contribution in [2.24, 2.45) is 0 Å². The number of nitrogens with zero attached hydrogens (tertiary/aromatic N) is 1. The molecular weight excluding hydrogens is 203 g/mol. The van der Waals surface area contributed by atoms with Crippen LogP contribution in [0.2, 0.25) is 0 Å². The minimum Gasteiger partial charge on any atom is -0.225 e. The summed E-state index contributed by atoms with van der Waals surface area (Å²) < 4.78 is 37.4. The molecule has 0 unspecified atom stereocenters. The van der Waals surface area contributed by atoms with Gasteiger partial charge >= 0.3 is 0 Å². The van der Waals surface area contributed by atoms with Gasteiger partial charge < -0.3 is 0 Å². The Morgan fingerprint density at radius 2 is 2.15 bits per heavy atom. The monoisotopic (exact) mass is 209 g/mol. The van der Waals surface area contributed by atoms with E-state index in [1.165, 1.54) is 13.0 Å². The van der Waals surface area contributed by atoms with Crippen LogP contribution in [-0.4, -0.2) is 4.98 Å². The van der Waals surface area contributed by atoms with Gasteiger partial charge in [0.15, 0.2) is 0 Å². The molecule has 1 aromatic rings. The molecule has 5 heteroatoms. The zero-order valence-electron chi connectivity index (χ0n) is 6.82. The lowest BCUT2D eigenvalue weighted by molar-refractivity contribution is 0.144. The molecule has 0 fully saturated rings. The second kappa shape index (κ2) is 3.96. The first-order chi connectivity index (χ1) is 6.06. The summed E-state index contributed by atoms with van der Waals surface area (Å²) in [5, 5.41) is 0. The van der Waals surface area contributed by atoms with Crippen LogP contribution in [0.25, 0.3) is 0 Å². The van der Waals surface area contributed by atoms with Gasteiger partial charge in [-0.15, -0.1) is 11.6 Å². The van der Waals surface area contributed by atoms with Gasteiger partial charge in [-0.25, -0.2) is 13.8 Å². The lowest BCUT2D eigenvalue weighted by Crippen LogP contribution is -2.01. The highest BCUT2D eigenvalue weighted by Crippen LogP contribution is 2.26. The Kier molecular flexibility index (Phi) is 3.14. The molecule has 0 saturated carbocycles. The molecule has 0 N–H and O–H groups in total. The van der Waals surface area contributed by atoms with Crippen LogP contribution in [0.15, 0.2) is 6.07 Å². The summed E-state index contributed by atoms with van der Waals surface area (Å²) in [6, 6.07) is 1.36. The smallest absolute Gasteiger partial charge is 0.225 e. The topological polar surface area (TPSA) is 12.9 Å². The Labute approximate surface area is 78.5 Å². The zero-order chi connectivity index (χ0) is 10.0. The number of rotatable bonds is 2. The minimum atomic E-state index is -2.87. The Hall–Kier alpha value is -0.770. The molecule has 1 nitrogen and oxygen atoms in total. The molecule has 0 aromatic carbocycles. The van der Waals surface area contributed by atoms with E-state index in [4.69, 9.17) is 11.6 Å². The second-order valence-electron chi connectivity index (χ2n) is 2.56. The van der Waals surface area contributed by atoms with Gasteiger partial charge in [0.05, 0.1) is 5.56 Å². The number of alkyl halides is 3. The first-order valence-electron chi connectivity index (χ1n) is 3.56. The van der Waals surface area contributed by atoms with Crippen molar-refractivity contribution >= 4 is 11.6 Å². The molecule has 0 aliphatic carbocycles. The van der Waals surface area contributed by atoms with E-state index in [-0.39, 0.29) is 11.4 Å². The standard InChI is InChI=1S/C8H7ClF3N/c1-4-2-5(3-9)6(7(10)11)8(12)13-4/h2,7H,3H2,1H3. The molecule has 0 saturated heterocycles. The largest absolute Gasteiger partial charge is 0.268 e. The van der Waals surface area contributed by atoms with Gasteiger partial charge in [0.25, 0.3) is 6.43 Å². The molecule has 1 heterocycles. The Morgan fingerprint density at radius 1 is 1.54 bits per heavy atom. The van der Waals surface area contributed by atoms with Crippen molar-refractivity contribution in [2.75, 3.05) is 0 Å². The van der Waals surface area contributed by atoms with E-state index in [0.29, 0.717) is 5.69 Å². The average molecular weight is 210 g/mol. The summed E-state index contributed by atoms with van der Waals surface area (Å²) >= 11 is 5.39. The molecule has 1 aromatic heterocycles. The molecule has 0 bridgehead atoms. The van der Waals surface area contributed by atoms with Gasteiger partial charge in [0.1, 0.15) is 0 Å². The molecular formula is C8H7ClF3N. The first-order valence-corrected chi connectivity index (χ1v) is 4.09. The Balaban J connectivity index is 3.30. The number of hydrogen-bond donors (Lipinski definition) is 0. The lowest BCUT2D eigenvalue weighted by Gasteiger charge is -2.07. The maximum atomic E-state index is 12.9. The van der Waals surface area contributed by atoms with Gasteiger partial charge in [-0.2, -0.15) is 4.39 Å². The fourth-order valence-electron chi connectivity index (χ4n) is 1.05. The van der Waals surface area contributed by atoms with Crippen molar-refractivity contribution in [3.63, 3.8) is 0 Å². The number of hydrogen-bond acceptors (Lipinski definition) is 1. The van der Waals surface area contributed by atoms with Crippen LogP contribution < -0.4 is 0 Å². The maximum absolute atomic E-state index is 12.9. The van der Waals surface area contributed by atoms with Crippen LogP contribution in [0.5, 0.6) is 0 Å². The maximum Gasteiger partial charge on any atom is 0.268 e. The van der Waals surface area contributed by atoms with Crippen LogP contribution in [0.3, 0.4) is 0 Å². The van der Waals surface area contributed by atoms with Crippen LogP contribution in [0, 0.1) is 12.9 Å². The summed E-state index contributed by atoms with van der Waals surface area (Å²) in [5.74, 6) is -1.27. The quantitative estimate of drug-likeness (QED) is 0.538. The molecule has 0 amide bonds. The van der Waals surface area contributed by atoms with E-state index >= 15 is 0 Å². The van der Waals surface area contributed by atoms with Gasteiger partial charge in [-0.05, 0) is 18.6 Å². The fraction of sp³-hybridized carbons (Fsp3) is 0.375. The van der Waals surface area contributed by atoms with E-state index in [1.54, 1.807) is 0 Å². The van der Waals surface area contributed by atoms with Crippen LogP contribution in [-0.2, 0) is 5.88 Å². The number of aromatic nitrogens is 1. The van der Waals surface area contributed by atoms with Gasteiger partial charge in [-0.3, -0.25) is 0 Å². The van der Waals surface area contributed by atoms with Crippen LogP contribution >= 0.6 is 11.6 Å². The number of pyridine rings is 1. The minimum absolute atomic E-state index is 0.0988. The van der Waals surface area contributed by atoms with Crippen molar-refractivity contribution in [3.05, 3.63) is 28.8 Å². The average Bonchev–Trinajstić information content (AvgIpc) is 2.01. The predicted octanol–water partition coefficient (Wildman–Crippen LogP) is 3.21. The summed E-state index contributed by atoms with van der Waals surface area (Å²) in [6.07, 6.45) is -2.87. The summed E-state index contributed by atoms with van der Waals surface area (Å²) in [4.78, 5) is 3.30. The van der Waals surface area contributed by atoms with Gasteiger partial charge in [-0.1, -0.05) is 0 Å². The summed E-state index contributed by atoms with van der Waals surface area (Å²) in [5.41, 5.74) is -0.250. The second-order valence-corrected chi connectivity index (χ2v) is 2.83. The van der Waals surface area contributed by atoms with E-state index in [2.05, 4.69) is 4.98 Å². The molecule has 0 aliphatic heterocycles. The van der Waals surface area contributed by atoms with Crippen LogP contribution in [0.1, 0.15) is 23.2 Å². The molecule has 0 spiro atoms. The number of halogens is 4. The molecule has 1 rings (SSSR count). The van der Waals surface area contributed by atoms with Crippen molar-refractivity contribution in [1.82, 2.24) is 4.98 Å². The van der Waals surface area contributed by atoms with Crippen molar-refractivity contribution < 1.29 is 13.2 Å². The molecule has 72 valence electrons. The molecule has 0 aliphatic rings. The third-order valence-corrected chi connectivity index (χ3v) is 1.88. The van der Waals surface area contributed by atoms with E-state index < -0.39 is 17.9 Å². The Bertz CT molecular complexity index is 315. The van der Waals surface area contributed by atoms with Gasteiger partial charge in [0.2, 0.25) is 5.95 Å². The first kappa shape index (κ1) is 10.3. The summed E-state index contributed by atoms with van der Waals surface area (Å²) in [6.45, 7) is 1.52. The molecule has 0 radical (unpaired) electrons. The summed E-state index contributed by atoms with van der Waals surface area (Å²) in [7, 11) is 0. The SMILES string of the molecule is Cc1cc(CCl)c(C(F)F)c(F)n1. The van der Waals surface area contributed by atoms with Crippen LogP contribution in [0.4, 0.5) is 13.2 Å². The van der Waals surface area contributed by atoms with E-state index in [9.17, 15) is 13.2 Å². The van der Waals surface area contributed by atoms with Crippen molar-refractivity contribution in [3.8, 4) is 0 Å². The predicted molar refractivity (Wildman–Crippen MR) is 43.4 cm³/mol. The van der Waals surface area contributed by atoms with Gasteiger partial charge in [0, 0.05) is 11.6 Å². The third kappa shape index (κ3) is 2.12. The lowest BCUT2D eigenvalue weighted by atomic mass is 10.1. The number of aryl methyl sites for hydroxylation is 1. The van der Waals surface area contributed by atoms with E-state index in [0.717, 1.165) is 0 Å². The fourth-order valence-corrected chi connectivity index (χ4v) is 1.27. The highest BCUT2D eigenvalue weighted by molar-refractivity contribution is 6.17.